The van der Waals surface area contributed by atoms with E-state index in [1.165, 1.54) is 12.1 Å². The highest BCUT2D eigenvalue weighted by atomic mass is 19.1. The summed E-state index contributed by atoms with van der Waals surface area (Å²) in [4.78, 5) is 10.8. The summed E-state index contributed by atoms with van der Waals surface area (Å²) in [6, 6.07) is 7.84. The maximum absolute atomic E-state index is 13.2. The van der Waals surface area contributed by atoms with E-state index in [1.807, 2.05) is 24.8 Å². The fraction of sp³-hybridized carbons (Fsp3) is 0.412. The van der Waals surface area contributed by atoms with Crippen LogP contribution in [0.15, 0.2) is 30.3 Å². The summed E-state index contributed by atoms with van der Waals surface area (Å²) < 4.78 is 18.7. The average Bonchev–Trinajstić information content (AvgIpc) is 2.88. The molecule has 0 bridgehead atoms. The highest BCUT2D eigenvalue weighted by molar-refractivity contribution is 5.35. The molecule has 1 N–H and O–H groups in total. The van der Waals surface area contributed by atoms with Crippen LogP contribution in [-0.2, 0) is 0 Å². The Hall–Kier alpha value is -2.21. The molecule has 1 fully saturated rings. The fourth-order valence-corrected chi connectivity index (χ4v) is 2.77. The number of nitrogens with zero attached hydrogens (tertiary/aromatic N) is 3. The molecule has 1 aliphatic rings. The maximum atomic E-state index is 13.2. The van der Waals surface area contributed by atoms with Crippen molar-refractivity contribution in [2.75, 3.05) is 24.6 Å². The van der Waals surface area contributed by atoms with Crippen LogP contribution >= 0.6 is 0 Å². The van der Waals surface area contributed by atoms with Crippen LogP contribution in [0.1, 0.15) is 17.8 Å². The van der Waals surface area contributed by atoms with Crippen molar-refractivity contribution in [1.82, 2.24) is 9.97 Å². The molecule has 1 saturated heterocycles. The zero-order valence-corrected chi connectivity index (χ0v) is 13.3. The van der Waals surface area contributed by atoms with Crippen LogP contribution in [0.4, 0.5) is 10.3 Å². The number of rotatable bonds is 4. The number of benzene rings is 1. The van der Waals surface area contributed by atoms with Crippen LogP contribution in [0.2, 0.25) is 0 Å². The number of β-amino-alcohol motifs (C(OH)–C–C–N with tert-alkyl or cyclic N) is 1. The minimum atomic E-state index is -0.993. The van der Waals surface area contributed by atoms with Gasteiger partial charge in [-0.25, -0.2) is 14.4 Å². The number of aliphatic hydroxyl groups is 1. The second-order valence-corrected chi connectivity index (χ2v) is 6.09. The molecule has 6 heteroatoms. The van der Waals surface area contributed by atoms with Crippen LogP contribution in [0.3, 0.4) is 0 Å². The lowest BCUT2D eigenvalue weighted by Gasteiger charge is -2.23. The van der Waals surface area contributed by atoms with Gasteiger partial charge in [0.1, 0.15) is 23.8 Å². The SMILES string of the molecule is Cc1cc(C)nc(N2CC[C@@](O)(COc3cccc(F)c3)C2)n1. The van der Waals surface area contributed by atoms with Crippen molar-refractivity contribution in [3.63, 3.8) is 0 Å². The zero-order valence-electron chi connectivity index (χ0n) is 13.3. The number of hydrogen-bond acceptors (Lipinski definition) is 5. The van der Waals surface area contributed by atoms with Gasteiger partial charge in [-0.05, 0) is 38.5 Å². The summed E-state index contributed by atoms with van der Waals surface area (Å²) in [5, 5.41) is 10.7. The molecule has 0 unspecified atom stereocenters. The van der Waals surface area contributed by atoms with Gasteiger partial charge in [0.25, 0.3) is 0 Å². The number of halogens is 1. The lowest BCUT2D eigenvalue weighted by Crippen LogP contribution is -2.39. The third-order valence-corrected chi connectivity index (χ3v) is 3.89. The van der Waals surface area contributed by atoms with E-state index in [2.05, 4.69) is 9.97 Å². The normalized spacial score (nSPS) is 20.8. The maximum Gasteiger partial charge on any atom is 0.225 e. The van der Waals surface area contributed by atoms with Crippen molar-refractivity contribution in [2.45, 2.75) is 25.9 Å². The van der Waals surface area contributed by atoms with E-state index in [-0.39, 0.29) is 12.4 Å². The lowest BCUT2D eigenvalue weighted by molar-refractivity contribution is 0.0143. The predicted molar refractivity (Wildman–Crippen MR) is 85.2 cm³/mol. The Labute approximate surface area is 134 Å². The van der Waals surface area contributed by atoms with Gasteiger partial charge in [0.05, 0.1) is 6.54 Å². The fourth-order valence-electron chi connectivity index (χ4n) is 2.77. The van der Waals surface area contributed by atoms with Gasteiger partial charge in [0.2, 0.25) is 5.95 Å². The van der Waals surface area contributed by atoms with Gasteiger partial charge in [-0.1, -0.05) is 6.07 Å². The van der Waals surface area contributed by atoms with E-state index in [0.29, 0.717) is 31.2 Å². The minimum absolute atomic E-state index is 0.109. The van der Waals surface area contributed by atoms with Crippen molar-refractivity contribution in [3.05, 3.63) is 47.5 Å². The summed E-state index contributed by atoms with van der Waals surface area (Å²) in [7, 11) is 0. The average molecular weight is 317 g/mol. The molecular formula is C17H20FN3O2. The molecular weight excluding hydrogens is 297 g/mol. The van der Waals surface area contributed by atoms with Crippen molar-refractivity contribution < 1.29 is 14.2 Å². The Morgan fingerprint density at radius 1 is 1.26 bits per heavy atom. The number of hydrogen-bond donors (Lipinski definition) is 1. The quantitative estimate of drug-likeness (QED) is 0.937. The predicted octanol–water partition coefficient (Wildman–Crippen LogP) is 2.25. The molecule has 2 aromatic rings. The molecule has 1 aromatic carbocycles. The van der Waals surface area contributed by atoms with E-state index in [0.717, 1.165) is 11.4 Å². The number of anilines is 1. The van der Waals surface area contributed by atoms with Gasteiger partial charge < -0.3 is 14.7 Å². The van der Waals surface area contributed by atoms with Crippen molar-refractivity contribution in [1.29, 1.82) is 0 Å². The summed E-state index contributed by atoms with van der Waals surface area (Å²) >= 11 is 0. The van der Waals surface area contributed by atoms with E-state index < -0.39 is 5.60 Å². The van der Waals surface area contributed by atoms with E-state index in [4.69, 9.17) is 4.74 Å². The Morgan fingerprint density at radius 3 is 2.70 bits per heavy atom. The summed E-state index contributed by atoms with van der Waals surface area (Å²) in [5.41, 5.74) is 0.811. The Morgan fingerprint density at radius 2 is 2.00 bits per heavy atom. The second kappa shape index (κ2) is 6.12. The molecule has 0 spiro atoms. The molecule has 0 aliphatic carbocycles. The molecule has 5 nitrogen and oxygen atoms in total. The van der Waals surface area contributed by atoms with E-state index in [1.54, 1.807) is 12.1 Å². The first-order valence-corrected chi connectivity index (χ1v) is 7.62. The molecule has 1 atom stereocenters. The summed E-state index contributed by atoms with van der Waals surface area (Å²) in [6.07, 6.45) is 0.554. The van der Waals surface area contributed by atoms with Gasteiger partial charge >= 0.3 is 0 Å². The standard InChI is InChI=1S/C17H20FN3O2/c1-12-8-13(2)20-16(19-12)21-7-6-17(22,10-21)11-23-15-5-3-4-14(18)9-15/h3-5,8-9,22H,6-7,10-11H2,1-2H3/t17-/m0/s1. The number of ether oxygens (including phenoxy) is 1. The van der Waals surface area contributed by atoms with Gasteiger partial charge in [0.15, 0.2) is 0 Å². The van der Waals surface area contributed by atoms with Crippen LogP contribution in [0.25, 0.3) is 0 Å². The first-order chi connectivity index (χ1) is 10.9. The topological polar surface area (TPSA) is 58.5 Å². The van der Waals surface area contributed by atoms with Crippen molar-refractivity contribution in [2.24, 2.45) is 0 Å². The minimum Gasteiger partial charge on any atom is -0.490 e. The summed E-state index contributed by atoms with van der Waals surface area (Å²) in [5.74, 6) is 0.690. The Bertz CT molecular complexity index is 690. The Kier molecular flexibility index (Phi) is 4.17. The third-order valence-electron chi connectivity index (χ3n) is 3.89. The molecule has 1 aliphatic heterocycles. The molecule has 0 radical (unpaired) electrons. The number of aromatic nitrogens is 2. The molecule has 23 heavy (non-hydrogen) atoms. The van der Waals surface area contributed by atoms with E-state index >= 15 is 0 Å². The monoisotopic (exact) mass is 317 g/mol. The molecule has 122 valence electrons. The second-order valence-electron chi connectivity index (χ2n) is 6.09. The van der Waals surface area contributed by atoms with Gasteiger partial charge in [0, 0.05) is 24.0 Å². The highest BCUT2D eigenvalue weighted by Crippen LogP contribution is 2.26. The van der Waals surface area contributed by atoms with E-state index in [9.17, 15) is 9.50 Å². The van der Waals surface area contributed by atoms with Gasteiger partial charge in [-0.15, -0.1) is 0 Å². The molecule has 3 rings (SSSR count). The molecule has 2 heterocycles. The Balaban J connectivity index is 1.65. The van der Waals surface area contributed by atoms with Crippen LogP contribution in [-0.4, -0.2) is 40.4 Å². The molecule has 1 aromatic heterocycles. The largest absolute Gasteiger partial charge is 0.490 e. The molecule has 0 saturated carbocycles. The smallest absolute Gasteiger partial charge is 0.225 e. The lowest BCUT2D eigenvalue weighted by atomic mass is 10.1. The summed E-state index contributed by atoms with van der Waals surface area (Å²) in [6.45, 7) is 5.01. The molecule has 0 amide bonds. The van der Waals surface area contributed by atoms with Crippen molar-refractivity contribution >= 4 is 5.95 Å². The van der Waals surface area contributed by atoms with Crippen molar-refractivity contribution in [3.8, 4) is 5.75 Å². The third kappa shape index (κ3) is 3.76. The number of aryl methyl sites for hydroxylation is 2. The zero-order chi connectivity index (χ0) is 16.4. The van der Waals surface area contributed by atoms with Crippen LogP contribution in [0.5, 0.6) is 5.75 Å². The van der Waals surface area contributed by atoms with Crippen LogP contribution < -0.4 is 9.64 Å². The first-order valence-electron chi connectivity index (χ1n) is 7.62. The highest BCUT2D eigenvalue weighted by Gasteiger charge is 2.38. The van der Waals surface area contributed by atoms with Crippen LogP contribution in [0, 0.1) is 19.7 Å². The van der Waals surface area contributed by atoms with Gasteiger partial charge in [-0.2, -0.15) is 0 Å². The first kappa shape index (κ1) is 15.7. The van der Waals surface area contributed by atoms with Gasteiger partial charge in [-0.3, -0.25) is 0 Å².